The van der Waals surface area contributed by atoms with E-state index in [1.165, 1.54) is 0 Å². The molecule has 1 saturated carbocycles. The highest BCUT2D eigenvalue weighted by atomic mass is 16.3. The molecule has 23 heavy (non-hydrogen) atoms. The number of rotatable bonds is 6. The van der Waals surface area contributed by atoms with Crippen molar-refractivity contribution >= 4 is 17.5 Å². The predicted octanol–water partition coefficient (Wildman–Crippen LogP) is 0.274. The molecule has 2 atom stereocenters. The van der Waals surface area contributed by atoms with Gasteiger partial charge in [0.25, 0.3) is 0 Å². The van der Waals surface area contributed by atoms with Crippen molar-refractivity contribution in [3.8, 4) is 0 Å². The van der Waals surface area contributed by atoms with Crippen LogP contribution in [0.15, 0.2) is 24.3 Å². The number of amides is 2. The maximum atomic E-state index is 12.0. The second-order valence-electron chi connectivity index (χ2n) is 6.43. The minimum absolute atomic E-state index is 0.0566. The molecule has 4 N–H and O–H groups in total. The normalized spacial score (nSPS) is 23.5. The minimum Gasteiger partial charge on any atom is -0.391 e. The average Bonchev–Trinajstić information content (AvgIpc) is 3.31. The van der Waals surface area contributed by atoms with Gasteiger partial charge >= 0.3 is 0 Å². The maximum absolute atomic E-state index is 12.0. The summed E-state index contributed by atoms with van der Waals surface area (Å²) in [4.78, 5) is 23.6. The second-order valence-corrected chi connectivity index (χ2v) is 6.43. The van der Waals surface area contributed by atoms with E-state index in [0.717, 1.165) is 30.6 Å². The first kappa shape index (κ1) is 16.0. The van der Waals surface area contributed by atoms with Crippen LogP contribution in [0.4, 0.5) is 5.69 Å². The lowest BCUT2D eigenvalue weighted by Crippen LogP contribution is -2.35. The third kappa shape index (κ3) is 4.53. The summed E-state index contributed by atoms with van der Waals surface area (Å²) in [5.41, 5.74) is 1.67. The third-order valence-electron chi connectivity index (χ3n) is 4.40. The van der Waals surface area contributed by atoms with E-state index in [9.17, 15) is 14.7 Å². The highest BCUT2D eigenvalue weighted by molar-refractivity contribution is 5.94. The Hall–Kier alpha value is -1.92. The van der Waals surface area contributed by atoms with Gasteiger partial charge in [0.2, 0.25) is 11.8 Å². The molecule has 0 aromatic heterocycles. The van der Waals surface area contributed by atoms with Crippen LogP contribution in [-0.2, 0) is 16.0 Å². The van der Waals surface area contributed by atoms with Crippen molar-refractivity contribution in [2.75, 3.05) is 25.0 Å². The molecule has 2 fully saturated rings. The van der Waals surface area contributed by atoms with Crippen molar-refractivity contribution in [2.24, 2.45) is 11.8 Å². The lowest BCUT2D eigenvalue weighted by atomic mass is 10.1. The van der Waals surface area contributed by atoms with Crippen molar-refractivity contribution in [3.05, 3.63) is 29.8 Å². The Morgan fingerprint density at radius 3 is 2.52 bits per heavy atom. The van der Waals surface area contributed by atoms with Gasteiger partial charge in [-0.05, 0) is 30.5 Å². The van der Waals surface area contributed by atoms with Crippen LogP contribution in [0.25, 0.3) is 0 Å². The molecule has 3 rings (SSSR count). The number of hydrogen-bond acceptors (Lipinski definition) is 4. The molecule has 2 aliphatic rings. The number of aliphatic hydroxyl groups excluding tert-OH is 1. The SMILES string of the molecule is O=C(Cc1ccc(NC(=O)C2CC2)cc1)NCC1CNCC1O. The number of anilines is 1. The third-order valence-corrected chi connectivity index (χ3v) is 4.40. The van der Waals surface area contributed by atoms with E-state index in [0.29, 0.717) is 19.5 Å². The lowest BCUT2D eigenvalue weighted by molar-refractivity contribution is -0.120. The maximum Gasteiger partial charge on any atom is 0.227 e. The summed E-state index contributed by atoms with van der Waals surface area (Å²) in [7, 11) is 0. The van der Waals surface area contributed by atoms with Crippen LogP contribution in [0.5, 0.6) is 0 Å². The Bertz CT molecular complexity index is 569. The number of aliphatic hydroxyl groups is 1. The molecule has 2 amide bonds. The van der Waals surface area contributed by atoms with Crippen molar-refractivity contribution in [1.29, 1.82) is 0 Å². The summed E-state index contributed by atoms with van der Waals surface area (Å²) in [6.45, 7) is 1.81. The Kier molecular flexibility index (Phi) is 4.93. The molecule has 1 aromatic rings. The van der Waals surface area contributed by atoms with Crippen molar-refractivity contribution in [2.45, 2.75) is 25.4 Å². The topological polar surface area (TPSA) is 90.5 Å². The van der Waals surface area contributed by atoms with Crippen molar-refractivity contribution in [1.82, 2.24) is 10.6 Å². The van der Waals surface area contributed by atoms with Gasteiger partial charge in [-0.1, -0.05) is 12.1 Å². The van der Waals surface area contributed by atoms with Gasteiger partial charge in [-0.3, -0.25) is 9.59 Å². The number of carbonyl (C=O) groups excluding carboxylic acids is 2. The summed E-state index contributed by atoms with van der Waals surface area (Å²) in [5, 5.41) is 18.5. The van der Waals surface area contributed by atoms with Crippen LogP contribution >= 0.6 is 0 Å². The van der Waals surface area contributed by atoms with Crippen molar-refractivity contribution < 1.29 is 14.7 Å². The molecule has 6 heteroatoms. The molecular weight excluding hydrogens is 294 g/mol. The zero-order valence-corrected chi connectivity index (χ0v) is 13.0. The highest BCUT2D eigenvalue weighted by Gasteiger charge is 2.29. The van der Waals surface area contributed by atoms with E-state index >= 15 is 0 Å². The molecule has 1 aliphatic carbocycles. The van der Waals surface area contributed by atoms with E-state index in [1.54, 1.807) is 0 Å². The first-order valence-electron chi connectivity index (χ1n) is 8.17. The monoisotopic (exact) mass is 317 g/mol. The van der Waals surface area contributed by atoms with Crippen LogP contribution in [-0.4, -0.2) is 42.7 Å². The fourth-order valence-corrected chi connectivity index (χ4v) is 2.72. The fraction of sp³-hybridized carbons (Fsp3) is 0.529. The largest absolute Gasteiger partial charge is 0.391 e. The zero-order chi connectivity index (χ0) is 16.2. The first-order chi connectivity index (χ1) is 11.1. The van der Waals surface area contributed by atoms with E-state index < -0.39 is 0 Å². The number of hydrogen-bond donors (Lipinski definition) is 4. The Balaban J connectivity index is 1.43. The van der Waals surface area contributed by atoms with Crippen LogP contribution in [0, 0.1) is 11.8 Å². The van der Waals surface area contributed by atoms with Gasteiger partial charge in [0.05, 0.1) is 12.5 Å². The van der Waals surface area contributed by atoms with Gasteiger partial charge in [0.15, 0.2) is 0 Å². The van der Waals surface area contributed by atoms with E-state index in [4.69, 9.17) is 0 Å². The Labute approximate surface area is 135 Å². The molecule has 0 spiro atoms. The average molecular weight is 317 g/mol. The fourth-order valence-electron chi connectivity index (χ4n) is 2.72. The smallest absolute Gasteiger partial charge is 0.227 e. The molecule has 1 aliphatic heterocycles. The van der Waals surface area contributed by atoms with Gasteiger partial charge in [-0.15, -0.1) is 0 Å². The molecule has 2 unspecified atom stereocenters. The first-order valence-corrected chi connectivity index (χ1v) is 8.17. The quantitative estimate of drug-likeness (QED) is 0.606. The lowest BCUT2D eigenvalue weighted by Gasteiger charge is -2.14. The van der Waals surface area contributed by atoms with Gasteiger partial charge in [0.1, 0.15) is 0 Å². The summed E-state index contributed by atoms with van der Waals surface area (Å²) < 4.78 is 0. The standard InChI is InChI=1S/C17H23N3O3/c21-15-10-18-8-13(15)9-19-16(22)7-11-1-5-14(6-2-11)20-17(23)12-3-4-12/h1-2,5-6,12-13,15,18,21H,3-4,7-10H2,(H,19,22)(H,20,23). The van der Waals surface area contributed by atoms with E-state index in [1.807, 2.05) is 24.3 Å². The second kappa shape index (κ2) is 7.10. The molecular formula is C17H23N3O3. The summed E-state index contributed by atoms with van der Waals surface area (Å²) in [6, 6.07) is 7.36. The predicted molar refractivity (Wildman–Crippen MR) is 86.9 cm³/mol. The molecule has 0 radical (unpaired) electrons. The number of benzene rings is 1. The molecule has 1 aromatic carbocycles. The molecule has 1 heterocycles. The zero-order valence-electron chi connectivity index (χ0n) is 13.0. The van der Waals surface area contributed by atoms with Gasteiger partial charge < -0.3 is 21.1 Å². The summed E-state index contributed by atoms with van der Waals surface area (Å²) in [5.74, 6) is 0.290. The molecule has 6 nitrogen and oxygen atoms in total. The van der Waals surface area contributed by atoms with Crippen LogP contribution in [0.3, 0.4) is 0 Å². The number of β-amino-alcohol motifs (C(OH)–C–C–N with tert-alkyl or cyclic N) is 1. The van der Waals surface area contributed by atoms with E-state index in [-0.39, 0.29) is 29.8 Å². The Morgan fingerprint density at radius 2 is 1.91 bits per heavy atom. The Morgan fingerprint density at radius 1 is 1.17 bits per heavy atom. The van der Waals surface area contributed by atoms with Gasteiger partial charge in [-0.2, -0.15) is 0 Å². The molecule has 1 saturated heterocycles. The van der Waals surface area contributed by atoms with Crippen LogP contribution in [0.1, 0.15) is 18.4 Å². The van der Waals surface area contributed by atoms with Gasteiger partial charge in [-0.25, -0.2) is 0 Å². The minimum atomic E-state index is -0.385. The summed E-state index contributed by atoms with van der Waals surface area (Å²) in [6.07, 6.45) is 1.88. The van der Waals surface area contributed by atoms with Crippen molar-refractivity contribution in [3.63, 3.8) is 0 Å². The highest BCUT2D eigenvalue weighted by Crippen LogP contribution is 2.30. The van der Waals surface area contributed by atoms with Crippen LogP contribution in [0.2, 0.25) is 0 Å². The van der Waals surface area contributed by atoms with Crippen LogP contribution < -0.4 is 16.0 Å². The number of nitrogens with one attached hydrogen (secondary N) is 3. The van der Waals surface area contributed by atoms with Gasteiger partial charge in [0, 0.05) is 37.2 Å². The van der Waals surface area contributed by atoms with E-state index in [2.05, 4.69) is 16.0 Å². The molecule has 0 bridgehead atoms. The number of carbonyl (C=O) groups is 2. The molecule has 124 valence electrons. The summed E-state index contributed by atoms with van der Waals surface area (Å²) >= 11 is 0.